The summed E-state index contributed by atoms with van der Waals surface area (Å²) < 4.78 is 0. The molecule has 0 rings (SSSR count). The largest absolute Gasteiger partial charge is 0.394 e. The molecule has 11 N–H and O–H groups in total. The Labute approximate surface area is 112 Å². The number of nitrogens with two attached hydrogens (primary N) is 3. The van der Waals surface area contributed by atoms with Crippen LogP contribution in [0.4, 0.5) is 0 Å². The highest BCUT2D eigenvalue weighted by atomic mass is 16.7. The lowest BCUT2D eigenvalue weighted by Crippen LogP contribution is -2.48. The first-order chi connectivity index (χ1) is 9.20. The highest BCUT2D eigenvalue weighted by Gasteiger charge is 2.35. The molecule has 12 nitrogen and oxygen atoms in total. The number of hydrogen-bond donors (Lipinski definition) is 8. The van der Waals surface area contributed by atoms with Gasteiger partial charge in [0.2, 0.25) is 0 Å². The molecular weight excluding hydrogens is 278 g/mol. The Bertz CT molecular complexity index is 383. The van der Waals surface area contributed by atoms with E-state index in [-0.39, 0.29) is 0 Å². The van der Waals surface area contributed by atoms with E-state index < -0.39 is 48.9 Å². The lowest BCUT2D eigenvalue weighted by Gasteiger charge is -2.23. The van der Waals surface area contributed by atoms with Gasteiger partial charge < -0.3 is 47.6 Å². The van der Waals surface area contributed by atoms with Crippen LogP contribution in [0.2, 0.25) is 0 Å². The summed E-state index contributed by atoms with van der Waals surface area (Å²) in [5.74, 6) is -2.57. The molecule has 0 saturated heterocycles. The number of aliphatic hydroxyl groups excluding tert-OH is 5. The van der Waals surface area contributed by atoms with Crippen molar-refractivity contribution in [3.63, 3.8) is 0 Å². The summed E-state index contributed by atoms with van der Waals surface area (Å²) in [6.07, 6.45) is -8.12. The Morgan fingerprint density at radius 3 is 2.10 bits per heavy atom. The Morgan fingerprint density at radius 1 is 1.10 bits per heavy atom. The minimum atomic E-state index is -2.25. The SMILES string of the molecule is NC(N)=N/C(N)=N/OC(=O)C(O)C(O)C(O)C(O)CO. The molecule has 0 aromatic heterocycles. The van der Waals surface area contributed by atoms with E-state index in [2.05, 4.69) is 15.0 Å². The number of nitrogens with zero attached hydrogens (tertiary/aromatic N) is 2. The van der Waals surface area contributed by atoms with Gasteiger partial charge in [-0.3, -0.25) is 0 Å². The molecule has 0 heterocycles. The molecule has 0 aliphatic heterocycles. The summed E-state index contributed by atoms with van der Waals surface area (Å²) in [7, 11) is 0. The van der Waals surface area contributed by atoms with Crippen molar-refractivity contribution in [2.24, 2.45) is 27.3 Å². The van der Waals surface area contributed by atoms with Crippen LogP contribution < -0.4 is 17.2 Å². The minimum Gasteiger partial charge on any atom is -0.394 e. The van der Waals surface area contributed by atoms with Crippen molar-refractivity contribution in [2.75, 3.05) is 6.61 Å². The van der Waals surface area contributed by atoms with E-state index in [0.717, 1.165) is 0 Å². The van der Waals surface area contributed by atoms with Gasteiger partial charge in [0.05, 0.1) is 6.61 Å². The molecule has 4 unspecified atom stereocenters. The molecule has 0 amide bonds. The minimum absolute atomic E-state index is 0.454. The Hall–Kier alpha value is -1.99. The lowest BCUT2D eigenvalue weighted by atomic mass is 10.0. The van der Waals surface area contributed by atoms with Gasteiger partial charge in [0.25, 0.3) is 5.96 Å². The van der Waals surface area contributed by atoms with Crippen LogP contribution in [0.15, 0.2) is 10.1 Å². The van der Waals surface area contributed by atoms with Crippen LogP contribution in [-0.4, -0.2) is 74.4 Å². The van der Waals surface area contributed by atoms with Crippen molar-refractivity contribution in [1.82, 2.24) is 0 Å². The van der Waals surface area contributed by atoms with E-state index in [1.165, 1.54) is 0 Å². The zero-order valence-electron chi connectivity index (χ0n) is 10.2. The number of hydrogen-bond acceptors (Lipinski definition) is 8. The summed E-state index contributed by atoms with van der Waals surface area (Å²) >= 11 is 0. The molecule has 0 aliphatic carbocycles. The van der Waals surface area contributed by atoms with Gasteiger partial charge in [-0.25, -0.2) is 4.79 Å². The van der Waals surface area contributed by atoms with Gasteiger partial charge in [0.15, 0.2) is 12.1 Å². The van der Waals surface area contributed by atoms with Gasteiger partial charge >= 0.3 is 5.97 Å². The predicted molar refractivity (Wildman–Crippen MR) is 64.6 cm³/mol. The maximum absolute atomic E-state index is 11.2. The molecule has 0 aromatic carbocycles. The van der Waals surface area contributed by atoms with E-state index in [9.17, 15) is 20.1 Å². The molecule has 0 bridgehead atoms. The van der Waals surface area contributed by atoms with Gasteiger partial charge in [-0.15, -0.1) is 0 Å². The Balaban J connectivity index is 4.59. The third kappa shape index (κ3) is 5.77. The van der Waals surface area contributed by atoms with Crippen LogP contribution in [0.5, 0.6) is 0 Å². The topological polar surface area (TPSA) is 230 Å². The smallest absolute Gasteiger partial charge is 0.366 e. The molecule has 0 spiro atoms. The van der Waals surface area contributed by atoms with E-state index in [1.807, 2.05) is 0 Å². The summed E-state index contributed by atoms with van der Waals surface area (Å²) in [6.45, 7) is -0.893. The Morgan fingerprint density at radius 2 is 1.65 bits per heavy atom. The lowest BCUT2D eigenvalue weighted by molar-refractivity contribution is -0.170. The summed E-state index contributed by atoms with van der Waals surface area (Å²) in [5, 5.41) is 48.4. The van der Waals surface area contributed by atoms with Crippen LogP contribution in [0.3, 0.4) is 0 Å². The van der Waals surface area contributed by atoms with Gasteiger partial charge in [-0.05, 0) is 5.16 Å². The summed E-state index contributed by atoms with van der Waals surface area (Å²) in [4.78, 5) is 18.5. The fraction of sp³-hybridized carbons (Fsp3) is 0.625. The molecular formula is C8H17N5O7. The van der Waals surface area contributed by atoms with Crippen molar-refractivity contribution >= 4 is 17.9 Å². The molecule has 12 heteroatoms. The fourth-order valence-electron chi connectivity index (χ4n) is 0.960. The van der Waals surface area contributed by atoms with E-state index in [0.29, 0.717) is 0 Å². The first kappa shape index (κ1) is 18.0. The number of aliphatic imine (C=N–C) groups is 1. The Kier molecular flexibility index (Phi) is 7.42. The highest BCUT2D eigenvalue weighted by Crippen LogP contribution is 2.06. The third-order valence-electron chi connectivity index (χ3n) is 1.97. The number of carbonyl (C=O) groups is 1. The van der Waals surface area contributed by atoms with Gasteiger partial charge in [-0.2, -0.15) is 4.99 Å². The quantitative estimate of drug-likeness (QED) is 0.100. The van der Waals surface area contributed by atoms with Crippen molar-refractivity contribution in [1.29, 1.82) is 0 Å². The fourth-order valence-corrected chi connectivity index (χ4v) is 0.960. The predicted octanol–water partition coefficient (Wildman–Crippen LogP) is -5.53. The second-order valence-electron chi connectivity index (χ2n) is 3.57. The van der Waals surface area contributed by atoms with Crippen molar-refractivity contribution < 1.29 is 35.2 Å². The standard InChI is InChI=1S/C8H17N5O7/c9-7(10)12-8(11)13-20-6(19)5(18)4(17)3(16)2(15)1-14/h2-5,14-18H,1H2,(H6,9,10,11,12,13). The van der Waals surface area contributed by atoms with Gasteiger partial charge in [-0.1, -0.05) is 0 Å². The first-order valence-electron chi connectivity index (χ1n) is 5.17. The average molecular weight is 295 g/mol. The zero-order valence-corrected chi connectivity index (χ0v) is 10.2. The molecule has 116 valence electrons. The van der Waals surface area contributed by atoms with Crippen LogP contribution in [0.25, 0.3) is 0 Å². The van der Waals surface area contributed by atoms with E-state index >= 15 is 0 Å². The van der Waals surface area contributed by atoms with Crippen molar-refractivity contribution in [3.8, 4) is 0 Å². The van der Waals surface area contributed by atoms with Gasteiger partial charge in [0, 0.05) is 0 Å². The first-order valence-corrected chi connectivity index (χ1v) is 5.17. The molecule has 0 aliphatic rings. The molecule has 0 fully saturated rings. The monoisotopic (exact) mass is 295 g/mol. The highest BCUT2D eigenvalue weighted by molar-refractivity contribution is 5.92. The summed E-state index contributed by atoms with van der Waals surface area (Å²) in [5.41, 5.74) is 15.0. The third-order valence-corrected chi connectivity index (χ3v) is 1.97. The molecule has 0 aromatic rings. The number of rotatable bonds is 6. The molecule has 0 radical (unpaired) electrons. The van der Waals surface area contributed by atoms with Crippen LogP contribution >= 0.6 is 0 Å². The zero-order chi connectivity index (χ0) is 15.9. The second kappa shape index (κ2) is 8.23. The van der Waals surface area contributed by atoms with Crippen molar-refractivity contribution in [2.45, 2.75) is 24.4 Å². The maximum atomic E-state index is 11.2. The normalized spacial score (nSPS) is 17.8. The maximum Gasteiger partial charge on any atom is 0.366 e. The number of aliphatic hydroxyl groups is 5. The van der Waals surface area contributed by atoms with Gasteiger partial charge in [0.1, 0.15) is 18.3 Å². The molecule has 4 atom stereocenters. The number of carbonyl (C=O) groups excluding carboxylic acids is 1. The van der Waals surface area contributed by atoms with Crippen LogP contribution in [0.1, 0.15) is 0 Å². The second-order valence-corrected chi connectivity index (χ2v) is 3.57. The molecule has 20 heavy (non-hydrogen) atoms. The van der Waals surface area contributed by atoms with Crippen molar-refractivity contribution in [3.05, 3.63) is 0 Å². The van der Waals surface area contributed by atoms with Crippen LogP contribution in [-0.2, 0) is 9.63 Å². The van der Waals surface area contributed by atoms with Crippen LogP contribution in [0, 0.1) is 0 Å². The summed E-state index contributed by atoms with van der Waals surface area (Å²) in [6, 6.07) is 0. The number of oxime groups is 1. The number of guanidine groups is 2. The average Bonchev–Trinajstić information content (AvgIpc) is 2.40. The molecule has 0 saturated carbocycles. The van der Waals surface area contributed by atoms with E-state index in [4.69, 9.17) is 27.4 Å². The van der Waals surface area contributed by atoms with E-state index in [1.54, 1.807) is 0 Å².